The minimum absolute atomic E-state index is 0.225. The van der Waals surface area contributed by atoms with Crippen LogP contribution in [-0.4, -0.2) is 35.2 Å². The monoisotopic (exact) mass is 441 g/mol. The fourth-order valence-electron chi connectivity index (χ4n) is 6.75. The summed E-state index contributed by atoms with van der Waals surface area (Å²) < 4.78 is 14.4. The molecule has 0 aromatic heterocycles. The van der Waals surface area contributed by atoms with Gasteiger partial charge in [-0.2, -0.15) is 0 Å². The molecule has 3 fully saturated rings. The molecule has 4 heterocycles. The molecule has 3 saturated heterocycles. The lowest BCUT2D eigenvalue weighted by Gasteiger charge is -2.36. The van der Waals surface area contributed by atoms with E-state index in [1.54, 1.807) is 6.07 Å². The Morgan fingerprint density at radius 1 is 0.939 bits per heavy atom. The van der Waals surface area contributed by atoms with Crippen LogP contribution in [0.4, 0.5) is 15.8 Å². The van der Waals surface area contributed by atoms with Gasteiger partial charge in [0.2, 0.25) is 17.7 Å². The van der Waals surface area contributed by atoms with Crippen molar-refractivity contribution in [1.29, 1.82) is 0 Å². The highest BCUT2D eigenvalue weighted by atomic mass is 19.1. The van der Waals surface area contributed by atoms with Crippen LogP contribution in [0.1, 0.15) is 18.4 Å². The minimum Gasteiger partial charge on any atom is -0.324 e. The van der Waals surface area contributed by atoms with Gasteiger partial charge in [-0.15, -0.1) is 0 Å². The molecular weight excluding hydrogens is 421 g/mol. The van der Waals surface area contributed by atoms with Crippen LogP contribution in [0.3, 0.4) is 0 Å². The summed E-state index contributed by atoms with van der Waals surface area (Å²) in [4.78, 5) is 44.6. The van der Waals surface area contributed by atoms with E-state index in [0.717, 1.165) is 23.6 Å². The molecule has 0 saturated carbocycles. The third-order valence-corrected chi connectivity index (χ3v) is 7.95. The van der Waals surface area contributed by atoms with E-state index < -0.39 is 23.2 Å². The zero-order valence-corrected chi connectivity index (χ0v) is 17.6. The molecule has 4 aliphatic heterocycles. The van der Waals surface area contributed by atoms with Crippen LogP contribution in [-0.2, 0) is 19.9 Å². The first-order chi connectivity index (χ1) is 16.0. The van der Waals surface area contributed by atoms with Gasteiger partial charge in [0.1, 0.15) is 11.4 Å². The molecule has 3 aromatic rings. The average Bonchev–Trinajstić information content (AvgIpc) is 3.52. The Kier molecular flexibility index (Phi) is 3.59. The van der Waals surface area contributed by atoms with Gasteiger partial charge in [0.25, 0.3) is 0 Å². The lowest BCUT2D eigenvalue weighted by Crippen LogP contribution is -2.54. The molecule has 1 N–H and O–H groups in total. The first-order valence-electron chi connectivity index (χ1n) is 11.3. The highest BCUT2D eigenvalue weighted by Crippen LogP contribution is 2.60. The van der Waals surface area contributed by atoms with Gasteiger partial charge in [0.15, 0.2) is 0 Å². The van der Waals surface area contributed by atoms with Gasteiger partial charge in [-0.1, -0.05) is 30.3 Å². The molecule has 0 aliphatic carbocycles. The van der Waals surface area contributed by atoms with E-state index >= 15 is 0 Å². The largest absolute Gasteiger partial charge is 0.324 e. The molecule has 7 heteroatoms. The van der Waals surface area contributed by atoms with Crippen molar-refractivity contribution in [1.82, 2.24) is 4.90 Å². The first kappa shape index (κ1) is 18.9. The molecule has 3 amide bonds. The van der Waals surface area contributed by atoms with Crippen molar-refractivity contribution in [2.75, 3.05) is 16.8 Å². The normalized spacial score (nSPS) is 30.3. The first-order valence-corrected chi connectivity index (χ1v) is 11.3. The number of anilines is 2. The predicted molar refractivity (Wildman–Crippen MR) is 120 cm³/mol. The Balaban J connectivity index is 1.42. The molecule has 6 nitrogen and oxygen atoms in total. The lowest BCUT2D eigenvalue weighted by atomic mass is 9.75. The number of nitrogens with one attached hydrogen (secondary N) is 1. The lowest BCUT2D eigenvalue weighted by molar-refractivity contribution is -0.135. The smallest absolute Gasteiger partial charge is 0.250 e. The van der Waals surface area contributed by atoms with Gasteiger partial charge >= 0.3 is 0 Å². The summed E-state index contributed by atoms with van der Waals surface area (Å²) in [6.45, 7) is 0.595. The summed E-state index contributed by atoms with van der Waals surface area (Å²) in [6, 6.07) is 17.2. The molecule has 0 bridgehead atoms. The van der Waals surface area contributed by atoms with Gasteiger partial charge < -0.3 is 5.32 Å². The van der Waals surface area contributed by atoms with Crippen LogP contribution >= 0.6 is 0 Å². The van der Waals surface area contributed by atoms with Gasteiger partial charge in [-0.05, 0) is 60.5 Å². The molecular formula is C26H20FN3O3. The Morgan fingerprint density at radius 2 is 1.76 bits per heavy atom. The summed E-state index contributed by atoms with van der Waals surface area (Å²) in [5.41, 5.74) is 0.128. The third kappa shape index (κ3) is 2.18. The van der Waals surface area contributed by atoms with Crippen molar-refractivity contribution in [3.05, 3.63) is 72.0 Å². The van der Waals surface area contributed by atoms with Crippen LogP contribution in [0, 0.1) is 17.7 Å². The Labute approximate surface area is 189 Å². The van der Waals surface area contributed by atoms with Gasteiger partial charge in [-0.3, -0.25) is 19.3 Å². The number of carbonyl (C=O) groups is 3. The SMILES string of the molecule is O=C1[C@@H]2[C@@H]3CCCN3[C@@]3(C(=O)Nc4ccc(F)cc43)[C@H]2C(=O)N1c1ccc2ccccc2c1. The molecule has 164 valence electrons. The maximum Gasteiger partial charge on any atom is 0.250 e. The van der Waals surface area contributed by atoms with Gasteiger partial charge in [-0.25, -0.2) is 9.29 Å². The molecule has 0 radical (unpaired) electrons. The van der Waals surface area contributed by atoms with E-state index in [2.05, 4.69) is 5.32 Å². The van der Waals surface area contributed by atoms with Crippen LogP contribution in [0.2, 0.25) is 0 Å². The second-order valence-electron chi connectivity index (χ2n) is 9.36. The molecule has 0 unspecified atom stereocenters. The molecule has 4 aliphatic rings. The average molecular weight is 441 g/mol. The van der Waals surface area contributed by atoms with Crippen molar-refractivity contribution in [2.45, 2.75) is 24.4 Å². The standard InChI is InChI=1S/C26H20FN3O3/c27-16-8-10-19-18(13-16)26(25(33)28-19)22-21(20-6-3-11-29(20)26)23(31)30(24(22)32)17-9-7-14-4-1-2-5-15(14)12-17/h1-2,4-5,7-10,12-13,20-22H,3,6,11H2,(H,28,33)/t20-,21+,22+,26+/m0/s1. The Bertz CT molecular complexity index is 1400. The summed E-state index contributed by atoms with van der Waals surface area (Å²) >= 11 is 0. The number of rotatable bonds is 1. The number of hydrogen-bond acceptors (Lipinski definition) is 4. The highest BCUT2D eigenvalue weighted by molar-refractivity contribution is 6.26. The molecule has 7 rings (SSSR count). The van der Waals surface area contributed by atoms with Crippen LogP contribution < -0.4 is 10.2 Å². The summed E-state index contributed by atoms with van der Waals surface area (Å²) in [5, 5.41) is 4.81. The number of imide groups is 1. The van der Waals surface area contributed by atoms with Crippen molar-refractivity contribution in [2.24, 2.45) is 11.8 Å². The Hall–Kier alpha value is -3.58. The van der Waals surface area contributed by atoms with E-state index in [4.69, 9.17) is 0 Å². The highest BCUT2D eigenvalue weighted by Gasteiger charge is 2.74. The predicted octanol–water partition coefficient (Wildman–Crippen LogP) is 3.41. The maximum atomic E-state index is 14.4. The molecule has 3 aromatic carbocycles. The number of carbonyl (C=O) groups excluding carboxylic acids is 3. The molecule has 33 heavy (non-hydrogen) atoms. The third-order valence-electron chi connectivity index (χ3n) is 7.95. The number of benzene rings is 3. The van der Waals surface area contributed by atoms with Crippen molar-refractivity contribution in [3.63, 3.8) is 0 Å². The fraction of sp³-hybridized carbons (Fsp3) is 0.269. The number of nitrogens with zero attached hydrogens (tertiary/aromatic N) is 2. The van der Waals surface area contributed by atoms with E-state index in [1.165, 1.54) is 23.1 Å². The van der Waals surface area contributed by atoms with Gasteiger partial charge in [0, 0.05) is 17.3 Å². The molecule has 4 atom stereocenters. The quantitative estimate of drug-likeness (QED) is 0.588. The van der Waals surface area contributed by atoms with E-state index in [0.29, 0.717) is 23.5 Å². The van der Waals surface area contributed by atoms with Gasteiger partial charge in [0.05, 0.1) is 17.5 Å². The van der Waals surface area contributed by atoms with Crippen molar-refractivity contribution >= 4 is 39.9 Å². The number of fused-ring (bicyclic) bond motifs is 8. The van der Waals surface area contributed by atoms with Crippen LogP contribution in [0.15, 0.2) is 60.7 Å². The number of halogens is 1. The summed E-state index contributed by atoms with van der Waals surface area (Å²) in [5.74, 6) is -2.99. The Morgan fingerprint density at radius 3 is 2.61 bits per heavy atom. The fourth-order valence-corrected chi connectivity index (χ4v) is 6.75. The van der Waals surface area contributed by atoms with Crippen molar-refractivity contribution in [3.8, 4) is 0 Å². The van der Waals surface area contributed by atoms with Crippen LogP contribution in [0.25, 0.3) is 10.8 Å². The van der Waals surface area contributed by atoms with E-state index in [1.807, 2.05) is 41.3 Å². The second-order valence-corrected chi connectivity index (χ2v) is 9.36. The maximum absolute atomic E-state index is 14.4. The van der Waals surface area contributed by atoms with Crippen molar-refractivity contribution < 1.29 is 18.8 Å². The number of hydrogen-bond donors (Lipinski definition) is 1. The van der Waals surface area contributed by atoms with Crippen LogP contribution in [0.5, 0.6) is 0 Å². The summed E-state index contributed by atoms with van der Waals surface area (Å²) in [7, 11) is 0. The van der Waals surface area contributed by atoms with E-state index in [9.17, 15) is 18.8 Å². The molecule has 1 spiro atoms. The van der Waals surface area contributed by atoms with E-state index in [-0.39, 0.29) is 23.8 Å². The zero-order valence-electron chi connectivity index (χ0n) is 17.6. The minimum atomic E-state index is -1.36. The number of amides is 3. The second kappa shape index (κ2) is 6.26. The topological polar surface area (TPSA) is 69.7 Å². The summed E-state index contributed by atoms with van der Waals surface area (Å²) in [6.07, 6.45) is 1.55. The zero-order chi connectivity index (χ0) is 22.5.